The number of hydrogen-bond acceptors (Lipinski definition) is 6. The zero-order chi connectivity index (χ0) is 28.3. The van der Waals surface area contributed by atoms with E-state index in [0.717, 1.165) is 0 Å². The molecule has 0 fully saturated rings. The molecule has 0 aliphatic carbocycles. The van der Waals surface area contributed by atoms with E-state index in [9.17, 15) is 22.0 Å². The lowest BCUT2D eigenvalue weighted by atomic mass is 10.0. The number of H-pyrrole nitrogens is 1. The summed E-state index contributed by atoms with van der Waals surface area (Å²) in [6.07, 6.45) is 0. The van der Waals surface area contributed by atoms with Crippen LogP contribution in [0, 0.1) is 0 Å². The highest BCUT2D eigenvalue weighted by molar-refractivity contribution is 7.91. The molecular weight excluding hydrogens is 575 g/mol. The Morgan fingerprint density at radius 2 is 1.82 bits per heavy atom. The molecule has 2 N–H and O–H groups in total. The average molecular weight is 598 g/mol. The van der Waals surface area contributed by atoms with E-state index in [1.807, 2.05) is 0 Å². The summed E-state index contributed by atoms with van der Waals surface area (Å²) < 4.78 is 60.1. The van der Waals surface area contributed by atoms with Crippen LogP contribution in [-0.2, 0) is 19.4 Å². The van der Waals surface area contributed by atoms with Gasteiger partial charge in [0.15, 0.2) is 9.84 Å². The number of fused-ring (bicyclic) bond motifs is 1. The number of alkyl halides is 2. The van der Waals surface area contributed by atoms with Crippen molar-refractivity contribution in [3.63, 3.8) is 0 Å². The second-order valence-electron chi connectivity index (χ2n) is 8.35. The zero-order valence-electron chi connectivity index (χ0n) is 20.7. The molecule has 1 aromatic heterocycles. The maximum atomic E-state index is 13.0. The van der Waals surface area contributed by atoms with Crippen molar-refractivity contribution in [2.45, 2.75) is 24.5 Å². The molecule has 1 heterocycles. The van der Waals surface area contributed by atoms with Crippen LogP contribution in [0.15, 0.2) is 59.5 Å². The minimum absolute atomic E-state index is 0.0585. The van der Waals surface area contributed by atoms with Gasteiger partial charge in [-0.2, -0.15) is 8.78 Å². The fraction of sp³-hybridized carbons (Fsp3) is 0.231. The third-order valence-corrected chi connectivity index (χ3v) is 8.28. The van der Waals surface area contributed by atoms with Gasteiger partial charge in [-0.1, -0.05) is 60.5 Å². The van der Waals surface area contributed by atoms with Gasteiger partial charge in [-0.05, 0) is 29.8 Å². The van der Waals surface area contributed by atoms with Crippen LogP contribution >= 0.6 is 23.2 Å². The number of benzene rings is 3. The van der Waals surface area contributed by atoms with Gasteiger partial charge in [-0.15, -0.1) is 0 Å². The fourth-order valence-electron chi connectivity index (χ4n) is 4.03. The highest BCUT2D eigenvalue weighted by atomic mass is 35.5. The molecule has 206 valence electrons. The quantitative estimate of drug-likeness (QED) is 0.239. The first-order valence-corrected chi connectivity index (χ1v) is 14.0. The van der Waals surface area contributed by atoms with Gasteiger partial charge in [0.25, 0.3) is 0 Å². The third kappa shape index (κ3) is 6.17. The molecule has 0 saturated heterocycles. The predicted octanol–water partition coefficient (Wildman–Crippen LogP) is 5.78. The van der Waals surface area contributed by atoms with Gasteiger partial charge in [0, 0.05) is 18.2 Å². The molecule has 39 heavy (non-hydrogen) atoms. The van der Waals surface area contributed by atoms with E-state index in [4.69, 9.17) is 27.9 Å². The van der Waals surface area contributed by atoms with Crippen molar-refractivity contribution >= 4 is 50.0 Å². The van der Waals surface area contributed by atoms with Gasteiger partial charge in [0.05, 0.1) is 26.2 Å². The second kappa shape index (κ2) is 11.9. The number of halogens is 4. The molecule has 0 aliphatic rings. The zero-order valence-corrected chi connectivity index (χ0v) is 23.0. The number of amides is 1. The topological polar surface area (TPSA) is 110 Å². The summed E-state index contributed by atoms with van der Waals surface area (Å²) in [5.41, 5.74) is 1.72. The highest BCUT2D eigenvalue weighted by Crippen LogP contribution is 2.43. The van der Waals surface area contributed by atoms with Gasteiger partial charge in [-0.25, -0.2) is 13.4 Å². The van der Waals surface area contributed by atoms with E-state index in [-0.39, 0.29) is 55.5 Å². The lowest BCUT2D eigenvalue weighted by Gasteiger charge is -2.17. The lowest BCUT2D eigenvalue weighted by molar-refractivity contribution is -0.125. The molecule has 1 amide bonds. The molecule has 0 radical (unpaired) electrons. The molecule has 0 saturated carbocycles. The van der Waals surface area contributed by atoms with Crippen molar-refractivity contribution in [3.8, 4) is 16.9 Å². The van der Waals surface area contributed by atoms with Crippen LogP contribution in [-0.4, -0.2) is 50.4 Å². The Labute approximate surface area is 233 Å². The molecule has 13 heteroatoms. The van der Waals surface area contributed by atoms with Crippen LogP contribution in [0.5, 0.6) is 5.75 Å². The molecule has 8 nitrogen and oxygen atoms in total. The first-order chi connectivity index (χ1) is 18.6. The number of hydrogen-bond donors (Lipinski definition) is 2. The minimum atomic E-state index is -3.43. The summed E-state index contributed by atoms with van der Waals surface area (Å²) in [6, 6.07) is 12.8. The molecule has 0 bridgehead atoms. The van der Waals surface area contributed by atoms with Crippen LogP contribution in [0.2, 0.25) is 10.0 Å². The number of para-hydroxylation sites is 1. The Balaban J connectivity index is 1.83. The van der Waals surface area contributed by atoms with Crippen LogP contribution in [0.4, 0.5) is 8.78 Å². The van der Waals surface area contributed by atoms with E-state index in [2.05, 4.69) is 20.0 Å². The van der Waals surface area contributed by atoms with Gasteiger partial charge in [0.1, 0.15) is 29.7 Å². The number of rotatable bonds is 10. The van der Waals surface area contributed by atoms with Gasteiger partial charge in [0.2, 0.25) is 5.91 Å². The van der Waals surface area contributed by atoms with Crippen LogP contribution in [0.1, 0.15) is 24.4 Å². The van der Waals surface area contributed by atoms with E-state index < -0.39 is 28.4 Å². The minimum Gasteiger partial charge on any atom is -0.434 e. The van der Waals surface area contributed by atoms with Crippen molar-refractivity contribution < 1.29 is 31.5 Å². The summed E-state index contributed by atoms with van der Waals surface area (Å²) >= 11 is 13.3. The van der Waals surface area contributed by atoms with Crippen molar-refractivity contribution in [2.75, 3.05) is 19.5 Å². The van der Waals surface area contributed by atoms with Gasteiger partial charge in [-0.3, -0.25) is 4.79 Å². The largest absolute Gasteiger partial charge is 0.434 e. The maximum Gasteiger partial charge on any atom is 0.387 e. The van der Waals surface area contributed by atoms with E-state index in [1.165, 1.54) is 25.3 Å². The fourth-order valence-corrected chi connectivity index (χ4v) is 5.62. The number of methoxy groups -OCH3 is 1. The Morgan fingerprint density at radius 1 is 1.13 bits per heavy atom. The summed E-state index contributed by atoms with van der Waals surface area (Å²) in [5, 5.41) is 3.04. The number of nitrogens with zero attached hydrogens (tertiary/aromatic N) is 1. The van der Waals surface area contributed by atoms with Crippen LogP contribution < -0.4 is 10.1 Å². The van der Waals surface area contributed by atoms with Gasteiger partial charge < -0.3 is 19.8 Å². The number of ether oxygens (including phenoxy) is 2. The van der Waals surface area contributed by atoms with Crippen molar-refractivity contribution in [1.82, 2.24) is 15.3 Å². The molecule has 3 aromatic carbocycles. The number of sulfone groups is 1. The Bertz CT molecular complexity index is 1610. The highest BCUT2D eigenvalue weighted by Gasteiger charge is 2.25. The first kappa shape index (κ1) is 28.8. The number of aromatic nitrogens is 2. The molecule has 1 atom stereocenters. The lowest BCUT2D eigenvalue weighted by Crippen LogP contribution is -2.32. The van der Waals surface area contributed by atoms with Crippen molar-refractivity contribution in [2.24, 2.45) is 0 Å². The molecule has 1 unspecified atom stereocenters. The number of carbonyl (C=O) groups is 1. The SMILES string of the molecule is CCS(=O)(=O)c1ccc(C(NC(=O)COC)c2nc3c(Cl)c(-c4ccccc4OC(F)F)c(Cl)cc3[nH]2)cc1. The average Bonchev–Trinajstić information content (AvgIpc) is 3.32. The summed E-state index contributed by atoms with van der Waals surface area (Å²) in [6.45, 7) is -1.73. The Hall–Kier alpha value is -3.25. The third-order valence-electron chi connectivity index (χ3n) is 5.87. The smallest absolute Gasteiger partial charge is 0.387 e. The molecule has 0 aliphatic heterocycles. The standard InChI is InChI=1S/C26H23Cl2F2N3O5S/c1-3-39(35,36)15-10-8-14(9-11-15)23(32-20(34)13-37-2)25-31-18-12-17(27)21(22(28)24(18)33-25)16-6-4-5-7-19(16)38-26(29)30/h4-12,23,26H,3,13H2,1-2H3,(H,31,33)(H,32,34). The van der Waals surface area contributed by atoms with Crippen LogP contribution in [0.25, 0.3) is 22.2 Å². The van der Waals surface area contributed by atoms with Gasteiger partial charge >= 0.3 is 6.61 Å². The van der Waals surface area contributed by atoms with E-state index in [0.29, 0.717) is 11.1 Å². The summed E-state index contributed by atoms with van der Waals surface area (Å²) in [7, 11) is -2.06. The van der Waals surface area contributed by atoms with Crippen LogP contribution in [0.3, 0.4) is 0 Å². The second-order valence-corrected chi connectivity index (χ2v) is 11.4. The number of imidazole rings is 1. The maximum absolute atomic E-state index is 13.0. The molecule has 4 aromatic rings. The number of aromatic amines is 1. The molecular formula is C26H23Cl2F2N3O5S. The summed E-state index contributed by atoms with van der Waals surface area (Å²) in [4.78, 5) is 20.3. The van der Waals surface area contributed by atoms with Crippen molar-refractivity contribution in [1.29, 1.82) is 0 Å². The normalized spacial score (nSPS) is 12.6. The summed E-state index contributed by atoms with van der Waals surface area (Å²) in [5.74, 6) is -0.348. The number of carbonyl (C=O) groups excluding carboxylic acids is 1. The first-order valence-electron chi connectivity index (χ1n) is 11.6. The van der Waals surface area contributed by atoms with E-state index in [1.54, 1.807) is 43.3 Å². The molecule has 4 rings (SSSR count). The predicted molar refractivity (Wildman–Crippen MR) is 144 cm³/mol. The van der Waals surface area contributed by atoms with E-state index >= 15 is 0 Å². The molecule has 0 spiro atoms. The monoisotopic (exact) mass is 597 g/mol. The Kier molecular flexibility index (Phi) is 8.75. The number of nitrogens with one attached hydrogen (secondary N) is 2. The Morgan fingerprint density at radius 3 is 2.46 bits per heavy atom. The van der Waals surface area contributed by atoms with Crippen molar-refractivity contribution in [3.05, 3.63) is 76.0 Å².